The van der Waals surface area contributed by atoms with Crippen LogP contribution in [0.5, 0.6) is 0 Å². The zero-order valence-electron chi connectivity index (χ0n) is 8.18. The molecule has 0 aliphatic carbocycles. The predicted molar refractivity (Wildman–Crippen MR) is 58.1 cm³/mol. The second-order valence-electron chi connectivity index (χ2n) is 3.07. The van der Waals surface area contributed by atoms with Gasteiger partial charge in [0.15, 0.2) is 12.0 Å². The minimum atomic E-state index is -0.521. The van der Waals surface area contributed by atoms with Gasteiger partial charge >= 0.3 is 0 Å². The Morgan fingerprint density at radius 1 is 1.31 bits per heavy atom. The lowest BCUT2D eigenvalue weighted by atomic mass is 10.1. The van der Waals surface area contributed by atoms with Gasteiger partial charge in [-0.25, -0.2) is 9.37 Å². The number of nitrogen functional groups attached to an aromatic ring is 1. The van der Waals surface area contributed by atoms with E-state index in [2.05, 4.69) is 14.8 Å². The molecule has 2 heterocycles. The van der Waals surface area contributed by atoms with Crippen molar-refractivity contribution in [3.63, 3.8) is 0 Å². The topological polar surface area (TPSA) is 56.2 Å². The third kappa shape index (κ3) is 1.68. The third-order valence-corrected chi connectivity index (χ3v) is 2.08. The number of nitrogens with two attached hydrogens (primary N) is 1. The molecule has 2 N–H and O–H groups in total. The van der Waals surface area contributed by atoms with Crippen molar-refractivity contribution in [1.29, 1.82) is 0 Å². The quantitative estimate of drug-likeness (QED) is 0.741. The van der Waals surface area contributed by atoms with Crippen LogP contribution >= 0.6 is 0 Å². The maximum absolute atomic E-state index is 13.5. The minimum Gasteiger partial charge on any atom is -0.383 e. The van der Waals surface area contributed by atoms with Crippen molar-refractivity contribution in [3.05, 3.63) is 47.8 Å². The fourth-order valence-electron chi connectivity index (χ4n) is 1.34. The number of aromatic nitrogens is 2. The molecule has 2 aromatic rings. The first-order valence-electron chi connectivity index (χ1n) is 4.46. The average molecular weight is 214 g/mol. The molecule has 2 aromatic heterocycles. The second-order valence-corrected chi connectivity index (χ2v) is 3.07. The van der Waals surface area contributed by atoms with Crippen LogP contribution in [0.3, 0.4) is 0 Å². The number of hydrogen-bond donors (Lipinski definition) is 1. The molecule has 0 unspecified atom stereocenters. The summed E-state index contributed by atoms with van der Waals surface area (Å²) in [5, 5.41) is 0. The lowest BCUT2D eigenvalue weighted by Crippen LogP contribution is -1.95. The Kier molecular flexibility index (Phi) is 2.48. The number of nitrogens with zero attached hydrogens (tertiary/aromatic N) is 3. The standard InChI is InChI=1S/C11H7FN4/c1-14-10-5-8(9(12)6-16-10)7-3-2-4-15-11(7)13/h2-6H,(H2,13,15). The molecule has 0 aliphatic heterocycles. The van der Waals surface area contributed by atoms with Gasteiger partial charge in [0, 0.05) is 17.3 Å². The van der Waals surface area contributed by atoms with Crippen LogP contribution in [0.25, 0.3) is 16.0 Å². The summed E-state index contributed by atoms with van der Waals surface area (Å²) in [6.45, 7) is 6.82. The van der Waals surface area contributed by atoms with E-state index >= 15 is 0 Å². The van der Waals surface area contributed by atoms with Gasteiger partial charge in [-0.15, -0.1) is 4.98 Å². The minimum absolute atomic E-state index is 0.125. The van der Waals surface area contributed by atoms with Gasteiger partial charge < -0.3 is 10.6 Å². The van der Waals surface area contributed by atoms with Gasteiger partial charge in [0.25, 0.3) is 5.82 Å². The summed E-state index contributed by atoms with van der Waals surface area (Å²) < 4.78 is 13.5. The van der Waals surface area contributed by atoms with E-state index in [1.807, 2.05) is 0 Å². The fraction of sp³-hybridized carbons (Fsp3) is 0. The Morgan fingerprint density at radius 3 is 2.81 bits per heavy atom. The van der Waals surface area contributed by atoms with E-state index in [0.29, 0.717) is 5.56 Å². The second kappa shape index (κ2) is 3.95. The number of pyridine rings is 2. The van der Waals surface area contributed by atoms with Crippen LogP contribution in [0.1, 0.15) is 0 Å². The van der Waals surface area contributed by atoms with Gasteiger partial charge in [-0.1, -0.05) is 6.57 Å². The van der Waals surface area contributed by atoms with Crippen molar-refractivity contribution in [1.82, 2.24) is 9.97 Å². The maximum atomic E-state index is 13.5. The van der Waals surface area contributed by atoms with Crippen LogP contribution in [0.2, 0.25) is 0 Å². The zero-order valence-corrected chi connectivity index (χ0v) is 8.18. The summed E-state index contributed by atoms with van der Waals surface area (Å²) in [6, 6.07) is 4.66. The highest BCUT2D eigenvalue weighted by Crippen LogP contribution is 2.28. The number of halogens is 1. The van der Waals surface area contributed by atoms with Crippen LogP contribution in [0.15, 0.2) is 30.6 Å². The zero-order chi connectivity index (χ0) is 11.5. The maximum Gasteiger partial charge on any atom is 0.270 e. The summed E-state index contributed by atoms with van der Waals surface area (Å²) in [4.78, 5) is 10.6. The van der Waals surface area contributed by atoms with Crippen LogP contribution in [-0.4, -0.2) is 9.97 Å². The molecular weight excluding hydrogens is 207 g/mol. The molecule has 5 heteroatoms. The van der Waals surface area contributed by atoms with Gasteiger partial charge in [-0.3, -0.25) is 0 Å². The Morgan fingerprint density at radius 2 is 2.12 bits per heavy atom. The van der Waals surface area contributed by atoms with Gasteiger partial charge in [0.1, 0.15) is 5.82 Å². The number of anilines is 1. The summed E-state index contributed by atoms with van der Waals surface area (Å²) in [7, 11) is 0. The SMILES string of the molecule is [C-]#[N+]c1cc(-c2cccnc2N)c(F)cn1. The first-order valence-corrected chi connectivity index (χ1v) is 4.46. The van der Waals surface area contributed by atoms with Gasteiger partial charge in [-0.05, 0) is 18.2 Å². The molecule has 0 saturated carbocycles. The van der Waals surface area contributed by atoms with E-state index in [0.717, 1.165) is 6.20 Å². The molecule has 0 aliphatic rings. The number of rotatable bonds is 1. The lowest BCUT2D eigenvalue weighted by molar-refractivity contribution is 0.625. The third-order valence-electron chi connectivity index (χ3n) is 2.08. The molecule has 2 rings (SSSR count). The molecule has 0 fully saturated rings. The molecule has 0 saturated heterocycles. The highest BCUT2D eigenvalue weighted by molar-refractivity contribution is 5.75. The molecule has 16 heavy (non-hydrogen) atoms. The van der Waals surface area contributed by atoms with Crippen LogP contribution in [0.4, 0.5) is 16.0 Å². The molecule has 0 aromatic carbocycles. The van der Waals surface area contributed by atoms with Crippen molar-refractivity contribution < 1.29 is 4.39 Å². The Labute approximate surface area is 91.4 Å². The Bertz CT molecular complexity index is 574. The molecule has 78 valence electrons. The molecule has 0 atom stereocenters. The smallest absolute Gasteiger partial charge is 0.270 e. The molecule has 0 radical (unpaired) electrons. The highest BCUT2D eigenvalue weighted by atomic mass is 19.1. The van der Waals surface area contributed by atoms with Crippen molar-refractivity contribution in [2.45, 2.75) is 0 Å². The van der Waals surface area contributed by atoms with Crippen LogP contribution in [0, 0.1) is 12.4 Å². The largest absolute Gasteiger partial charge is 0.383 e. The molecule has 0 bridgehead atoms. The summed E-state index contributed by atoms with van der Waals surface area (Å²) in [5.41, 5.74) is 6.34. The van der Waals surface area contributed by atoms with E-state index in [1.54, 1.807) is 12.1 Å². The van der Waals surface area contributed by atoms with Crippen molar-refractivity contribution >= 4 is 11.6 Å². The van der Waals surface area contributed by atoms with E-state index < -0.39 is 5.82 Å². The lowest BCUT2D eigenvalue weighted by Gasteiger charge is -2.04. The Hall–Kier alpha value is -2.48. The molecular formula is C11H7FN4. The molecule has 4 nitrogen and oxygen atoms in total. The summed E-state index contributed by atoms with van der Waals surface area (Å²) >= 11 is 0. The molecule has 0 spiro atoms. The van der Waals surface area contributed by atoms with E-state index in [1.165, 1.54) is 12.3 Å². The molecule has 0 amide bonds. The predicted octanol–water partition coefficient (Wildman–Crippen LogP) is 2.42. The van der Waals surface area contributed by atoms with Crippen molar-refractivity contribution in [2.24, 2.45) is 0 Å². The summed E-state index contributed by atoms with van der Waals surface area (Å²) in [5.74, 6) is -0.171. The highest BCUT2D eigenvalue weighted by Gasteiger charge is 2.11. The fourth-order valence-corrected chi connectivity index (χ4v) is 1.34. The number of hydrogen-bond acceptors (Lipinski definition) is 3. The first-order chi connectivity index (χ1) is 7.72. The summed E-state index contributed by atoms with van der Waals surface area (Å²) in [6.07, 6.45) is 2.53. The van der Waals surface area contributed by atoms with Crippen LogP contribution in [-0.2, 0) is 0 Å². The van der Waals surface area contributed by atoms with Crippen molar-refractivity contribution in [2.75, 3.05) is 5.73 Å². The normalized spacial score (nSPS) is 9.75. The van der Waals surface area contributed by atoms with E-state index in [4.69, 9.17) is 12.3 Å². The van der Waals surface area contributed by atoms with Gasteiger partial charge in [-0.2, -0.15) is 0 Å². The monoisotopic (exact) mass is 214 g/mol. The Balaban J connectivity index is 2.65. The van der Waals surface area contributed by atoms with Crippen molar-refractivity contribution in [3.8, 4) is 11.1 Å². The van der Waals surface area contributed by atoms with E-state index in [9.17, 15) is 4.39 Å². The van der Waals surface area contributed by atoms with Crippen LogP contribution < -0.4 is 5.73 Å². The average Bonchev–Trinajstić information content (AvgIpc) is 2.31. The van der Waals surface area contributed by atoms with E-state index in [-0.39, 0.29) is 17.2 Å². The van der Waals surface area contributed by atoms with Gasteiger partial charge in [0.05, 0.1) is 0 Å². The van der Waals surface area contributed by atoms with Gasteiger partial charge in [0.2, 0.25) is 0 Å². The first kappa shape index (κ1) is 10.1.